The van der Waals surface area contributed by atoms with Gasteiger partial charge in [0.15, 0.2) is 5.78 Å². The number of nitrogens with zero attached hydrogens (tertiary/aromatic N) is 2. The van der Waals surface area contributed by atoms with Gasteiger partial charge in [0, 0.05) is 25.3 Å². The molecule has 0 bridgehead atoms. The summed E-state index contributed by atoms with van der Waals surface area (Å²) in [6.07, 6.45) is 0.362. The largest absolute Gasteiger partial charge is 0.378 e. The minimum Gasteiger partial charge on any atom is -0.378 e. The summed E-state index contributed by atoms with van der Waals surface area (Å²) in [7, 11) is 3.97. The summed E-state index contributed by atoms with van der Waals surface area (Å²) >= 11 is 1.59. The van der Waals surface area contributed by atoms with Crippen LogP contribution in [0.2, 0.25) is 0 Å². The Morgan fingerprint density at radius 3 is 2.48 bits per heavy atom. The van der Waals surface area contributed by atoms with E-state index in [9.17, 15) is 4.79 Å². The number of ketones is 1. The number of thiazole rings is 1. The molecular weight excluding hydrogens is 280 g/mol. The highest BCUT2D eigenvalue weighted by molar-refractivity contribution is 7.18. The molecule has 0 atom stereocenters. The summed E-state index contributed by atoms with van der Waals surface area (Å²) in [6.45, 7) is 0. The van der Waals surface area contributed by atoms with E-state index in [1.165, 1.54) is 0 Å². The van der Waals surface area contributed by atoms with Gasteiger partial charge >= 0.3 is 0 Å². The standard InChI is InChI=1S/C17H16N2OS/c1-19(2)13-9-7-12(8-10-13)15(20)11-17-18-14-5-3-4-6-16(14)21-17/h3-10H,11H2,1-2H3. The molecule has 1 heterocycles. The van der Waals surface area contributed by atoms with Gasteiger partial charge in [0.1, 0.15) is 5.01 Å². The van der Waals surface area contributed by atoms with Crippen molar-refractivity contribution in [3.8, 4) is 0 Å². The Bertz CT molecular complexity index is 742. The van der Waals surface area contributed by atoms with Crippen molar-refractivity contribution >= 4 is 33.0 Å². The van der Waals surface area contributed by atoms with Crippen molar-refractivity contribution in [3.05, 3.63) is 59.1 Å². The van der Waals surface area contributed by atoms with E-state index in [0.29, 0.717) is 6.42 Å². The molecule has 0 fully saturated rings. The highest BCUT2D eigenvalue weighted by atomic mass is 32.1. The molecule has 106 valence electrons. The molecule has 21 heavy (non-hydrogen) atoms. The molecule has 0 aliphatic rings. The summed E-state index contributed by atoms with van der Waals surface area (Å²) in [5.74, 6) is 0.111. The average Bonchev–Trinajstić information content (AvgIpc) is 2.89. The third-order valence-corrected chi connectivity index (χ3v) is 4.39. The number of aromatic nitrogens is 1. The second-order valence-corrected chi connectivity index (χ2v) is 6.23. The van der Waals surface area contributed by atoms with Crippen LogP contribution in [-0.4, -0.2) is 24.9 Å². The Labute approximate surface area is 127 Å². The van der Waals surface area contributed by atoms with E-state index in [1.54, 1.807) is 11.3 Å². The lowest BCUT2D eigenvalue weighted by atomic mass is 10.1. The Balaban J connectivity index is 1.79. The maximum Gasteiger partial charge on any atom is 0.169 e. The Hall–Kier alpha value is -2.20. The van der Waals surface area contributed by atoms with Gasteiger partial charge in [-0.25, -0.2) is 4.98 Å². The summed E-state index contributed by atoms with van der Waals surface area (Å²) in [5.41, 5.74) is 2.79. The average molecular weight is 296 g/mol. The summed E-state index contributed by atoms with van der Waals surface area (Å²) in [5, 5.41) is 0.873. The number of hydrogen-bond acceptors (Lipinski definition) is 4. The fourth-order valence-corrected chi connectivity index (χ4v) is 3.15. The van der Waals surface area contributed by atoms with E-state index in [2.05, 4.69) is 4.98 Å². The minimum absolute atomic E-state index is 0.111. The van der Waals surface area contributed by atoms with Crippen molar-refractivity contribution in [1.82, 2.24) is 4.98 Å². The van der Waals surface area contributed by atoms with E-state index in [4.69, 9.17) is 0 Å². The molecule has 4 heteroatoms. The number of carbonyl (C=O) groups excluding carboxylic acids is 1. The highest BCUT2D eigenvalue weighted by Crippen LogP contribution is 2.23. The van der Waals surface area contributed by atoms with Crippen LogP contribution in [0.3, 0.4) is 0 Å². The number of carbonyl (C=O) groups is 1. The van der Waals surface area contributed by atoms with Crippen LogP contribution in [0.5, 0.6) is 0 Å². The zero-order valence-electron chi connectivity index (χ0n) is 12.0. The van der Waals surface area contributed by atoms with Gasteiger partial charge in [-0.15, -0.1) is 11.3 Å². The summed E-state index contributed by atoms with van der Waals surface area (Å²) < 4.78 is 1.13. The molecule has 0 aliphatic carbocycles. The molecule has 3 rings (SSSR count). The van der Waals surface area contributed by atoms with Crippen molar-refractivity contribution in [2.75, 3.05) is 19.0 Å². The Morgan fingerprint density at radius 2 is 1.81 bits per heavy atom. The lowest BCUT2D eigenvalue weighted by molar-refractivity contribution is 0.0993. The molecule has 0 spiro atoms. The predicted molar refractivity (Wildman–Crippen MR) is 88.4 cm³/mol. The number of fused-ring (bicyclic) bond motifs is 1. The second-order valence-electron chi connectivity index (χ2n) is 5.12. The van der Waals surface area contributed by atoms with Crippen LogP contribution in [0.25, 0.3) is 10.2 Å². The number of benzene rings is 2. The summed E-state index contributed by atoms with van der Waals surface area (Å²) in [6, 6.07) is 15.7. The van der Waals surface area contributed by atoms with E-state index in [0.717, 1.165) is 26.5 Å². The number of rotatable bonds is 4. The number of hydrogen-bond donors (Lipinski definition) is 0. The van der Waals surface area contributed by atoms with Crippen LogP contribution in [0.15, 0.2) is 48.5 Å². The second kappa shape index (κ2) is 5.66. The van der Waals surface area contributed by atoms with Gasteiger partial charge in [0.25, 0.3) is 0 Å². The van der Waals surface area contributed by atoms with Crippen LogP contribution in [0.1, 0.15) is 15.4 Å². The fraction of sp³-hybridized carbons (Fsp3) is 0.176. The van der Waals surface area contributed by atoms with Gasteiger partial charge < -0.3 is 4.90 Å². The Morgan fingerprint density at radius 1 is 1.10 bits per heavy atom. The quantitative estimate of drug-likeness (QED) is 0.687. The van der Waals surface area contributed by atoms with E-state index in [1.807, 2.05) is 67.5 Å². The first-order valence-electron chi connectivity index (χ1n) is 6.78. The van der Waals surface area contributed by atoms with Crippen LogP contribution >= 0.6 is 11.3 Å². The lowest BCUT2D eigenvalue weighted by Crippen LogP contribution is -2.09. The molecule has 3 nitrogen and oxygen atoms in total. The van der Waals surface area contributed by atoms with Crippen molar-refractivity contribution in [1.29, 1.82) is 0 Å². The topological polar surface area (TPSA) is 33.2 Å². The normalized spacial score (nSPS) is 10.8. The molecule has 3 aromatic rings. The number of anilines is 1. The van der Waals surface area contributed by atoms with Crippen LogP contribution in [-0.2, 0) is 6.42 Å². The summed E-state index contributed by atoms with van der Waals surface area (Å²) in [4.78, 5) is 18.9. The van der Waals surface area contributed by atoms with Crippen molar-refractivity contribution < 1.29 is 4.79 Å². The number of para-hydroxylation sites is 1. The Kier molecular flexibility index (Phi) is 3.71. The predicted octanol–water partition coefficient (Wildman–Crippen LogP) is 3.79. The molecule has 0 amide bonds. The third-order valence-electron chi connectivity index (χ3n) is 3.36. The van der Waals surface area contributed by atoms with Gasteiger partial charge in [-0.1, -0.05) is 12.1 Å². The third kappa shape index (κ3) is 2.95. The molecule has 2 aromatic carbocycles. The van der Waals surface area contributed by atoms with Crippen LogP contribution in [0, 0.1) is 0 Å². The first-order valence-corrected chi connectivity index (χ1v) is 7.60. The van der Waals surface area contributed by atoms with E-state index in [-0.39, 0.29) is 5.78 Å². The number of Topliss-reactive ketones (excluding diaryl/α,β-unsaturated/α-hetero) is 1. The van der Waals surface area contributed by atoms with Gasteiger partial charge in [0.2, 0.25) is 0 Å². The van der Waals surface area contributed by atoms with Crippen molar-refractivity contribution in [2.24, 2.45) is 0 Å². The lowest BCUT2D eigenvalue weighted by Gasteiger charge is -2.12. The molecular formula is C17H16N2OS. The minimum atomic E-state index is 0.111. The van der Waals surface area contributed by atoms with Gasteiger partial charge in [-0.2, -0.15) is 0 Å². The van der Waals surface area contributed by atoms with Gasteiger partial charge in [-0.05, 0) is 36.4 Å². The van der Waals surface area contributed by atoms with E-state index < -0.39 is 0 Å². The molecule has 0 saturated heterocycles. The first kappa shape index (κ1) is 13.8. The molecule has 0 unspecified atom stereocenters. The SMILES string of the molecule is CN(C)c1ccc(C(=O)Cc2nc3ccccc3s2)cc1. The smallest absolute Gasteiger partial charge is 0.169 e. The van der Waals surface area contributed by atoms with Crippen LogP contribution < -0.4 is 4.90 Å². The van der Waals surface area contributed by atoms with Gasteiger partial charge in [0.05, 0.1) is 16.6 Å². The molecule has 0 saturated carbocycles. The first-order chi connectivity index (χ1) is 10.1. The van der Waals surface area contributed by atoms with Gasteiger partial charge in [-0.3, -0.25) is 4.79 Å². The van der Waals surface area contributed by atoms with E-state index >= 15 is 0 Å². The van der Waals surface area contributed by atoms with Crippen molar-refractivity contribution in [3.63, 3.8) is 0 Å². The zero-order valence-corrected chi connectivity index (χ0v) is 12.9. The molecule has 0 radical (unpaired) electrons. The fourth-order valence-electron chi connectivity index (χ4n) is 2.18. The maximum atomic E-state index is 12.3. The van der Waals surface area contributed by atoms with Crippen molar-refractivity contribution in [2.45, 2.75) is 6.42 Å². The molecule has 1 aromatic heterocycles. The zero-order chi connectivity index (χ0) is 14.8. The highest BCUT2D eigenvalue weighted by Gasteiger charge is 2.11. The van der Waals surface area contributed by atoms with Crippen LogP contribution in [0.4, 0.5) is 5.69 Å². The molecule has 0 aliphatic heterocycles. The molecule has 0 N–H and O–H groups in total. The maximum absolute atomic E-state index is 12.3. The monoisotopic (exact) mass is 296 g/mol.